The van der Waals surface area contributed by atoms with Gasteiger partial charge in [0, 0.05) is 6.04 Å². The van der Waals surface area contributed by atoms with Gasteiger partial charge in [-0.1, -0.05) is 33.6 Å². The van der Waals surface area contributed by atoms with Gasteiger partial charge in [0.1, 0.15) is 0 Å². The summed E-state index contributed by atoms with van der Waals surface area (Å²) in [5.74, 6) is 0.652. The van der Waals surface area contributed by atoms with Gasteiger partial charge < -0.3 is 10.4 Å². The monoisotopic (exact) mass is 172 g/mol. The molecule has 0 saturated carbocycles. The maximum absolute atomic E-state index is 8.98. The summed E-state index contributed by atoms with van der Waals surface area (Å²) in [4.78, 5) is 0. The highest BCUT2D eigenvalue weighted by atomic mass is 16.3. The normalized spacial score (nSPS) is 13.8. The predicted octanol–water partition coefficient (Wildman–Crippen LogP) is 1.60. The SMILES string of the molecule is [CH2]CCC[C@@H](CO)NCC(C)C. The Morgan fingerprint density at radius 2 is 2.08 bits per heavy atom. The zero-order valence-corrected chi connectivity index (χ0v) is 8.34. The van der Waals surface area contributed by atoms with E-state index in [9.17, 15) is 0 Å². The molecule has 0 aromatic heterocycles. The molecule has 1 atom stereocenters. The second-order valence-corrected chi connectivity index (χ2v) is 3.68. The lowest BCUT2D eigenvalue weighted by Gasteiger charge is -2.17. The number of nitrogens with one attached hydrogen (secondary N) is 1. The molecule has 0 saturated heterocycles. The summed E-state index contributed by atoms with van der Waals surface area (Å²) in [6, 6.07) is 0.272. The van der Waals surface area contributed by atoms with Crippen molar-refractivity contribution in [1.29, 1.82) is 0 Å². The van der Waals surface area contributed by atoms with Crippen LogP contribution in [0.2, 0.25) is 0 Å². The van der Waals surface area contributed by atoms with Crippen molar-refractivity contribution < 1.29 is 5.11 Å². The van der Waals surface area contributed by atoms with Crippen LogP contribution in [0.3, 0.4) is 0 Å². The maximum Gasteiger partial charge on any atom is 0.0584 e. The molecule has 2 heteroatoms. The number of rotatable bonds is 7. The molecule has 0 aliphatic heterocycles. The van der Waals surface area contributed by atoms with Crippen molar-refractivity contribution in [3.05, 3.63) is 6.92 Å². The van der Waals surface area contributed by atoms with Gasteiger partial charge in [0.2, 0.25) is 0 Å². The van der Waals surface area contributed by atoms with E-state index in [0.717, 1.165) is 25.8 Å². The molecule has 2 N–H and O–H groups in total. The van der Waals surface area contributed by atoms with Gasteiger partial charge in [0.05, 0.1) is 6.61 Å². The lowest BCUT2D eigenvalue weighted by Crippen LogP contribution is -2.34. The van der Waals surface area contributed by atoms with Crippen molar-refractivity contribution in [1.82, 2.24) is 5.32 Å². The van der Waals surface area contributed by atoms with Crippen molar-refractivity contribution >= 4 is 0 Å². The predicted molar refractivity (Wildman–Crippen MR) is 52.9 cm³/mol. The Hall–Kier alpha value is -0.0800. The minimum absolute atomic E-state index is 0.243. The first kappa shape index (κ1) is 11.9. The van der Waals surface area contributed by atoms with E-state index in [4.69, 9.17) is 5.11 Å². The molecule has 0 fully saturated rings. The van der Waals surface area contributed by atoms with E-state index in [1.54, 1.807) is 0 Å². The van der Waals surface area contributed by atoms with Crippen LogP contribution < -0.4 is 5.32 Å². The molecule has 0 aromatic carbocycles. The summed E-state index contributed by atoms with van der Waals surface area (Å²) in [6.45, 7) is 9.35. The zero-order chi connectivity index (χ0) is 9.40. The van der Waals surface area contributed by atoms with Crippen molar-refractivity contribution in [2.45, 2.75) is 39.2 Å². The quantitative estimate of drug-likeness (QED) is 0.611. The smallest absolute Gasteiger partial charge is 0.0584 e. The molecule has 2 nitrogen and oxygen atoms in total. The van der Waals surface area contributed by atoms with E-state index in [0.29, 0.717) is 5.92 Å². The van der Waals surface area contributed by atoms with Crippen LogP contribution in [0.25, 0.3) is 0 Å². The van der Waals surface area contributed by atoms with Gasteiger partial charge >= 0.3 is 0 Å². The van der Waals surface area contributed by atoms with Crippen molar-refractivity contribution in [3.63, 3.8) is 0 Å². The molecule has 0 amide bonds. The second-order valence-electron chi connectivity index (χ2n) is 3.68. The van der Waals surface area contributed by atoms with Gasteiger partial charge in [-0.25, -0.2) is 0 Å². The average molecular weight is 172 g/mol. The number of unbranched alkanes of at least 4 members (excludes halogenated alkanes) is 1. The fraction of sp³-hybridized carbons (Fsp3) is 0.900. The fourth-order valence-electron chi connectivity index (χ4n) is 1.05. The minimum Gasteiger partial charge on any atom is -0.395 e. The Morgan fingerprint density at radius 3 is 2.50 bits per heavy atom. The number of aliphatic hydroxyl groups is 1. The van der Waals surface area contributed by atoms with Gasteiger partial charge in [-0.3, -0.25) is 0 Å². The first-order valence-corrected chi connectivity index (χ1v) is 4.84. The van der Waals surface area contributed by atoms with Crippen LogP contribution in [0, 0.1) is 12.8 Å². The average Bonchev–Trinajstić information content (AvgIpc) is 2.05. The summed E-state index contributed by atoms with van der Waals surface area (Å²) in [6.07, 6.45) is 3.09. The van der Waals surface area contributed by atoms with Crippen molar-refractivity contribution in [3.8, 4) is 0 Å². The topological polar surface area (TPSA) is 32.3 Å². The molecule has 1 radical (unpaired) electrons. The molecular weight excluding hydrogens is 150 g/mol. The van der Waals surface area contributed by atoms with Gasteiger partial charge in [-0.2, -0.15) is 0 Å². The highest BCUT2D eigenvalue weighted by Gasteiger charge is 2.05. The number of hydrogen-bond donors (Lipinski definition) is 2. The number of aliphatic hydroxyl groups excluding tert-OH is 1. The van der Waals surface area contributed by atoms with E-state index >= 15 is 0 Å². The molecule has 0 aliphatic rings. The maximum atomic E-state index is 8.98. The third-order valence-corrected chi connectivity index (χ3v) is 1.84. The first-order valence-electron chi connectivity index (χ1n) is 4.84. The Labute approximate surface area is 76.4 Å². The van der Waals surface area contributed by atoms with Gasteiger partial charge in [0.25, 0.3) is 0 Å². The molecule has 0 heterocycles. The van der Waals surface area contributed by atoms with Crippen molar-refractivity contribution in [2.24, 2.45) is 5.92 Å². The standard InChI is InChI=1S/C10H22NO/c1-4-5-6-10(8-12)11-7-9(2)3/h9-12H,1,4-8H2,2-3H3/t10-/m0/s1. The van der Waals surface area contributed by atoms with Crippen LogP contribution in [0.1, 0.15) is 33.1 Å². The van der Waals surface area contributed by atoms with Gasteiger partial charge in [-0.15, -0.1) is 0 Å². The Morgan fingerprint density at radius 1 is 1.42 bits per heavy atom. The third-order valence-electron chi connectivity index (χ3n) is 1.84. The van der Waals surface area contributed by atoms with Crippen molar-refractivity contribution in [2.75, 3.05) is 13.2 Å². The summed E-state index contributed by atoms with van der Waals surface area (Å²) in [7, 11) is 0. The van der Waals surface area contributed by atoms with E-state index in [1.807, 2.05) is 0 Å². The summed E-state index contributed by atoms with van der Waals surface area (Å²) >= 11 is 0. The van der Waals surface area contributed by atoms with Crippen LogP contribution in [0.4, 0.5) is 0 Å². The summed E-state index contributed by atoms with van der Waals surface area (Å²) < 4.78 is 0. The lowest BCUT2D eigenvalue weighted by molar-refractivity contribution is 0.230. The lowest BCUT2D eigenvalue weighted by atomic mass is 10.1. The van der Waals surface area contributed by atoms with Gasteiger partial charge in [0.15, 0.2) is 0 Å². The molecule has 0 aliphatic carbocycles. The zero-order valence-electron chi connectivity index (χ0n) is 8.34. The number of hydrogen-bond acceptors (Lipinski definition) is 2. The Balaban J connectivity index is 3.39. The van der Waals surface area contributed by atoms with Crippen LogP contribution >= 0.6 is 0 Å². The molecule has 73 valence electrons. The van der Waals surface area contributed by atoms with Crippen LogP contribution in [0.5, 0.6) is 0 Å². The molecule has 0 unspecified atom stereocenters. The van der Waals surface area contributed by atoms with Crippen LogP contribution in [-0.2, 0) is 0 Å². The largest absolute Gasteiger partial charge is 0.395 e. The van der Waals surface area contributed by atoms with E-state index in [-0.39, 0.29) is 12.6 Å². The van der Waals surface area contributed by atoms with Gasteiger partial charge in [-0.05, 0) is 18.9 Å². The molecule has 0 spiro atoms. The first-order chi connectivity index (χ1) is 5.70. The highest BCUT2D eigenvalue weighted by molar-refractivity contribution is 4.66. The molecule has 12 heavy (non-hydrogen) atoms. The van der Waals surface area contributed by atoms with Crippen LogP contribution in [-0.4, -0.2) is 24.3 Å². The Bertz CT molecular complexity index is 93.8. The fourth-order valence-corrected chi connectivity index (χ4v) is 1.05. The van der Waals surface area contributed by atoms with E-state index < -0.39 is 0 Å². The molecule has 0 bridgehead atoms. The summed E-state index contributed by atoms with van der Waals surface area (Å²) in [5.41, 5.74) is 0. The second kappa shape index (κ2) is 7.56. The van der Waals surface area contributed by atoms with E-state index in [1.165, 1.54) is 0 Å². The molecule has 0 rings (SSSR count). The van der Waals surface area contributed by atoms with E-state index in [2.05, 4.69) is 26.1 Å². The third kappa shape index (κ3) is 6.62. The minimum atomic E-state index is 0.243. The molecule has 0 aromatic rings. The van der Waals surface area contributed by atoms with Crippen LogP contribution in [0.15, 0.2) is 0 Å². The Kier molecular flexibility index (Phi) is 7.51. The molecular formula is C10H22NO. The highest BCUT2D eigenvalue weighted by Crippen LogP contribution is 2.00. The summed E-state index contributed by atoms with van der Waals surface area (Å²) in [5, 5.41) is 12.3.